The second-order valence-electron chi connectivity index (χ2n) is 6.60. The Morgan fingerprint density at radius 3 is 2.39 bits per heavy atom. The van der Waals surface area contributed by atoms with Gasteiger partial charge in [0.1, 0.15) is 0 Å². The first-order valence-electron chi connectivity index (χ1n) is 9.15. The summed E-state index contributed by atoms with van der Waals surface area (Å²) >= 11 is 0. The fraction of sp³-hybridized carbons (Fsp3) is 0.400. The number of nitrogens with one attached hydrogen (secondary N) is 2. The highest BCUT2D eigenvalue weighted by atomic mass is 16.6. The Bertz CT molecular complexity index is 971. The Morgan fingerprint density at radius 2 is 1.82 bits per heavy atom. The lowest BCUT2D eigenvalue weighted by molar-refractivity contribution is -0.163. The highest BCUT2D eigenvalue weighted by Crippen LogP contribution is 2.35. The quantitative estimate of drug-likeness (QED) is 0.606. The fourth-order valence-electron chi connectivity index (χ4n) is 3.49. The number of carbonyl (C=O) groups is 3. The van der Waals surface area contributed by atoms with Crippen LogP contribution < -0.4 is 5.32 Å². The van der Waals surface area contributed by atoms with Crippen molar-refractivity contribution in [1.29, 1.82) is 0 Å². The Kier molecular flexibility index (Phi) is 5.22. The maximum absolute atomic E-state index is 12.7. The molecule has 1 aromatic heterocycles. The Hall–Kier alpha value is -3.16. The van der Waals surface area contributed by atoms with Gasteiger partial charge in [-0.3, -0.25) is 9.79 Å². The number of hydrogen-bond acceptors (Lipinski definition) is 6. The van der Waals surface area contributed by atoms with Gasteiger partial charge in [0.25, 0.3) is 5.54 Å². The molecule has 0 spiro atoms. The maximum atomic E-state index is 12.7. The molecule has 2 N–H and O–H groups in total. The molecule has 0 bridgehead atoms. The summed E-state index contributed by atoms with van der Waals surface area (Å²) in [6, 6.07) is 5.42. The zero-order valence-electron chi connectivity index (χ0n) is 16.3. The Balaban J connectivity index is 2.12. The number of amides is 1. The number of H-pyrrole nitrogens is 1. The predicted octanol–water partition coefficient (Wildman–Crippen LogP) is 2.36. The van der Waals surface area contributed by atoms with E-state index in [0.717, 1.165) is 22.2 Å². The molecule has 0 unspecified atom stereocenters. The van der Waals surface area contributed by atoms with Crippen molar-refractivity contribution in [1.82, 2.24) is 4.98 Å². The van der Waals surface area contributed by atoms with Crippen LogP contribution in [0.4, 0.5) is 5.69 Å². The van der Waals surface area contributed by atoms with Crippen molar-refractivity contribution < 1.29 is 23.9 Å². The standard InChI is InChI=1S/C20H23N3O5/c1-5-27-18(25)20(19(26)28-6-2)10-15-14-8-7-13(21-12(4)24)9-16(14)22-17(15)11(3)23-20/h7-9,22H,5-6,10H2,1-4H3,(H,21,24). The molecule has 148 valence electrons. The molecule has 0 aliphatic carbocycles. The molecule has 28 heavy (non-hydrogen) atoms. The number of esters is 2. The number of benzene rings is 1. The van der Waals surface area contributed by atoms with Gasteiger partial charge in [0.05, 0.1) is 24.6 Å². The summed E-state index contributed by atoms with van der Waals surface area (Å²) in [6.07, 6.45) is 0.0385. The minimum absolute atomic E-state index is 0.0385. The molecule has 2 heterocycles. The number of rotatable bonds is 5. The summed E-state index contributed by atoms with van der Waals surface area (Å²) < 4.78 is 10.3. The fourth-order valence-corrected chi connectivity index (χ4v) is 3.49. The molecule has 0 saturated carbocycles. The average molecular weight is 385 g/mol. The zero-order valence-corrected chi connectivity index (χ0v) is 16.3. The largest absolute Gasteiger partial charge is 0.464 e. The van der Waals surface area contributed by atoms with Crippen LogP contribution in [0.25, 0.3) is 10.9 Å². The van der Waals surface area contributed by atoms with E-state index in [9.17, 15) is 14.4 Å². The van der Waals surface area contributed by atoms with Gasteiger partial charge in [0, 0.05) is 29.9 Å². The first-order valence-corrected chi connectivity index (χ1v) is 9.15. The number of anilines is 1. The molecular weight excluding hydrogens is 362 g/mol. The predicted molar refractivity (Wildman–Crippen MR) is 105 cm³/mol. The van der Waals surface area contributed by atoms with Crippen LogP contribution in [0.3, 0.4) is 0 Å². The van der Waals surface area contributed by atoms with E-state index in [4.69, 9.17) is 9.47 Å². The second kappa shape index (κ2) is 7.46. The third kappa shape index (κ3) is 3.26. The van der Waals surface area contributed by atoms with Gasteiger partial charge >= 0.3 is 11.9 Å². The highest BCUT2D eigenvalue weighted by molar-refractivity contribution is 6.14. The third-order valence-corrected chi connectivity index (χ3v) is 4.61. The lowest BCUT2D eigenvalue weighted by Crippen LogP contribution is -2.51. The van der Waals surface area contributed by atoms with Crippen LogP contribution in [0.5, 0.6) is 0 Å². The van der Waals surface area contributed by atoms with E-state index in [-0.39, 0.29) is 25.5 Å². The normalized spacial score (nSPS) is 14.8. The number of aromatic nitrogens is 1. The first-order chi connectivity index (χ1) is 13.3. The zero-order chi connectivity index (χ0) is 20.5. The number of aromatic amines is 1. The summed E-state index contributed by atoms with van der Waals surface area (Å²) in [5.74, 6) is -1.61. The van der Waals surface area contributed by atoms with E-state index in [1.807, 2.05) is 6.07 Å². The number of hydrogen-bond donors (Lipinski definition) is 2. The monoisotopic (exact) mass is 385 g/mol. The number of nitrogens with zero attached hydrogens (tertiary/aromatic N) is 1. The molecule has 1 aromatic carbocycles. The van der Waals surface area contributed by atoms with E-state index >= 15 is 0 Å². The third-order valence-electron chi connectivity index (χ3n) is 4.61. The van der Waals surface area contributed by atoms with Crippen LogP contribution in [-0.2, 0) is 30.3 Å². The SMILES string of the molecule is CCOC(=O)C1(C(=O)OCC)Cc2c([nH]c3cc(NC(C)=O)ccc23)C(C)=N1. The summed E-state index contributed by atoms with van der Waals surface area (Å²) in [5.41, 5.74) is 1.72. The van der Waals surface area contributed by atoms with Crippen LogP contribution in [0, 0.1) is 0 Å². The molecule has 1 aliphatic heterocycles. The van der Waals surface area contributed by atoms with Crippen molar-refractivity contribution in [3.63, 3.8) is 0 Å². The van der Waals surface area contributed by atoms with E-state index < -0.39 is 17.5 Å². The average Bonchev–Trinajstić information content (AvgIpc) is 2.99. The lowest BCUT2D eigenvalue weighted by atomic mass is 9.86. The van der Waals surface area contributed by atoms with Crippen LogP contribution >= 0.6 is 0 Å². The van der Waals surface area contributed by atoms with E-state index in [2.05, 4.69) is 15.3 Å². The van der Waals surface area contributed by atoms with E-state index in [1.54, 1.807) is 32.9 Å². The summed E-state index contributed by atoms with van der Waals surface area (Å²) in [4.78, 5) is 44.5. The van der Waals surface area contributed by atoms with Crippen LogP contribution in [0.15, 0.2) is 23.2 Å². The molecule has 0 radical (unpaired) electrons. The van der Waals surface area contributed by atoms with E-state index in [0.29, 0.717) is 11.4 Å². The number of fused-ring (bicyclic) bond motifs is 3. The van der Waals surface area contributed by atoms with Crippen molar-refractivity contribution in [3.05, 3.63) is 29.5 Å². The van der Waals surface area contributed by atoms with Gasteiger partial charge in [0.15, 0.2) is 0 Å². The molecule has 0 fully saturated rings. The Labute approximate surface area is 162 Å². The summed E-state index contributed by atoms with van der Waals surface area (Å²) in [5, 5.41) is 3.58. The molecule has 8 nitrogen and oxygen atoms in total. The van der Waals surface area contributed by atoms with Crippen molar-refractivity contribution >= 4 is 40.1 Å². The molecule has 8 heteroatoms. The van der Waals surface area contributed by atoms with Crippen molar-refractivity contribution in [2.75, 3.05) is 18.5 Å². The van der Waals surface area contributed by atoms with Crippen LogP contribution in [-0.4, -0.2) is 47.3 Å². The van der Waals surface area contributed by atoms with Gasteiger partial charge in [-0.15, -0.1) is 0 Å². The van der Waals surface area contributed by atoms with Gasteiger partial charge in [-0.2, -0.15) is 0 Å². The number of ether oxygens (including phenoxy) is 2. The maximum Gasteiger partial charge on any atom is 0.346 e. The second-order valence-corrected chi connectivity index (χ2v) is 6.60. The van der Waals surface area contributed by atoms with Gasteiger partial charge in [-0.05, 0) is 38.5 Å². The van der Waals surface area contributed by atoms with Crippen LogP contribution in [0.2, 0.25) is 0 Å². The topological polar surface area (TPSA) is 110 Å². The molecule has 2 aromatic rings. The van der Waals surface area contributed by atoms with Crippen molar-refractivity contribution in [3.8, 4) is 0 Å². The summed E-state index contributed by atoms with van der Waals surface area (Å²) in [7, 11) is 0. The molecule has 3 rings (SSSR count). The lowest BCUT2D eigenvalue weighted by Gasteiger charge is -2.29. The van der Waals surface area contributed by atoms with Gasteiger partial charge in [0.2, 0.25) is 5.91 Å². The van der Waals surface area contributed by atoms with Crippen molar-refractivity contribution in [2.24, 2.45) is 4.99 Å². The molecule has 1 aliphatic rings. The first kappa shape index (κ1) is 19.6. The van der Waals surface area contributed by atoms with Gasteiger partial charge < -0.3 is 19.8 Å². The summed E-state index contributed by atoms with van der Waals surface area (Å²) in [6.45, 7) is 6.79. The highest BCUT2D eigenvalue weighted by Gasteiger charge is 2.52. The smallest absolute Gasteiger partial charge is 0.346 e. The molecular formula is C20H23N3O5. The van der Waals surface area contributed by atoms with Crippen molar-refractivity contribution in [2.45, 2.75) is 39.7 Å². The van der Waals surface area contributed by atoms with Gasteiger partial charge in [-0.25, -0.2) is 9.59 Å². The molecule has 0 atom stereocenters. The minimum Gasteiger partial charge on any atom is -0.464 e. The van der Waals surface area contributed by atoms with Crippen LogP contribution in [0.1, 0.15) is 39.0 Å². The number of carbonyl (C=O) groups excluding carboxylic acids is 3. The Morgan fingerprint density at radius 1 is 1.18 bits per heavy atom. The molecule has 1 amide bonds. The van der Waals surface area contributed by atoms with Gasteiger partial charge in [-0.1, -0.05) is 6.07 Å². The molecule has 0 saturated heterocycles. The number of aliphatic imine (C=N–C) groups is 1. The van der Waals surface area contributed by atoms with E-state index in [1.165, 1.54) is 6.92 Å². The minimum atomic E-state index is -1.76.